The van der Waals surface area contributed by atoms with Crippen molar-refractivity contribution in [3.63, 3.8) is 0 Å². The third kappa shape index (κ3) is 3.42. The average molecular weight is 298 g/mol. The Morgan fingerprint density at radius 2 is 2.18 bits per heavy atom. The van der Waals surface area contributed by atoms with Crippen molar-refractivity contribution in [2.24, 2.45) is 5.73 Å². The molecule has 0 fully saturated rings. The molecule has 0 aliphatic carbocycles. The first kappa shape index (κ1) is 15.5. The van der Waals surface area contributed by atoms with Crippen LogP contribution in [0.15, 0.2) is 22.9 Å². The molecule has 0 unspecified atom stereocenters. The first-order chi connectivity index (χ1) is 10.8. The highest BCUT2D eigenvalue weighted by molar-refractivity contribution is 5.87. The number of hydrogen-bond acceptors (Lipinski definition) is 6. The number of aromatic nitrogens is 4. The van der Waals surface area contributed by atoms with Crippen LogP contribution in [0.4, 0.5) is 5.82 Å². The summed E-state index contributed by atoms with van der Waals surface area (Å²) in [6.07, 6.45) is 12.0. The van der Waals surface area contributed by atoms with Crippen LogP contribution in [0.5, 0.6) is 0 Å². The Hall–Kier alpha value is -2.85. The fourth-order valence-electron chi connectivity index (χ4n) is 2.10. The molecule has 0 aliphatic heterocycles. The zero-order chi connectivity index (χ0) is 15.9. The molecule has 114 valence electrons. The van der Waals surface area contributed by atoms with E-state index in [2.05, 4.69) is 38.1 Å². The third-order valence-corrected chi connectivity index (χ3v) is 2.96. The molecule has 3 aromatic heterocycles. The van der Waals surface area contributed by atoms with Gasteiger partial charge in [0.05, 0.1) is 18.1 Å². The maximum atomic E-state index is 5.58. The molecule has 0 aliphatic rings. The molecule has 4 N–H and O–H groups in total. The van der Waals surface area contributed by atoms with Crippen molar-refractivity contribution >= 4 is 16.9 Å². The highest BCUT2D eigenvalue weighted by Gasteiger charge is 2.10. The molecule has 3 heterocycles. The fraction of sp³-hybridized carbons (Fsp3) is 0.267. The summed E-state index contributed by atoms with van der Waals surface area (Å²) in [7, 11) is 0. The second kappa shape index (κ2) is 7.24. The molecule has 0 radical (unpaired) electrons. The van der Waals surface area contributed by atoms with Crippen LogP contribution < -0.4 is 11.1 Å². The summed E-state index contributed by atoms with van der Waals surface area (Å²) in [6, 6.07) is 2.03. The van der Waals surface area contributed by atoms with Gasteiger partial charge in [0.25, 0.3) is 0 Å². The van der Waals surface area contributed by atoms with Crippen molar-refractivity contribution < 1.29 is 4.42 Å². The lowest BCUT2D eigenvalue weighted by molar-refractivity contribution is 0.503. The Labute approximate surface area is 128 Å². The van der Waals surface area contributed by atoms with E-state index in [1.165, 1.54) is 0 Å². The summed E-state index contributed by atoms with van der Waals surface area (Å²) in [5, 5.41) is 4.18. The molecular formula is C15H18N6O. The van der Waals surface area contributed by atoms with Crippen molar-refractivity contribution in [3.8, 4) is 12.8 Å². The van der Waals surface area contributed by atoms with Gasteiger partial charge in [-0.25, -0.2) is 15.0 Å². The second-order valence-electron chi connectivity index (χ2n) is 4.49. The topological polar surface area (TPSA) is 106 Å². The van der Waals surface area contributed by atoms with Gasteiger partial charge in [-0.1, -0.05) is 0 Å². The number of nitrogens with one attached hydrogen (secondary N) is 2. The van der Waals surface area contributed by atoms with E-state index in [1.54, 1.807) is 12.5 Å². The second-order valence-corrected chi connectivity index (χ2v) is 4.49. The number of aryl methyl sites for hydroxylation is 1. The van der Waals surface area contributed by atoms with Crippen LogP contribution >= 0.6 is 0 Å². The molecule has 22 heavy (non-hydrogen) atoms. The van der Waals surface area contributed by atoms with Gasteiger partial charge in [-0.2, -0.15) is 0 Å². The number of terminal acetylenes is 1. The zero-order valence-corrected chi connectivity index (χ0v) is 12.3. The third-order valence-electron chi connectivity index (χ3n) is 2.96. The monoisotopic (exact) mass is 298 g/mol. The van der Waals surface area contributed by atoms with Crippen LogP contribution in [0.2, 0.25) is 0 Å². The molecule has 0 spiro atoms. The first-order valence-electron chi connectivity index (χ1n) is 6.78. The number of fused-ring (bicyclic) bond motifs is 1. The highest BCUT2D eigenvalue weighted by atomic mass is 16.3. The number of anilines is 1. The number of nitrogens with zero attached hydrogens (tertiary/aromatic N) is 3. The van der Waals surface area contributed by atoms with E-state index in [9.17, 15) is 0 Å². The lowest BCUT2D eigenvalue weighted by atomic mass is 10.3. The minimum Gasteiger partial charge on any atom is -0.447 e. The number of H-pyrrole nitrogens is 1. The van der Waals surface area contributed by atoms with Crippen LogP contribution in [-0.4, -0.2) is 26.5 Å². The standard InChI is InChI=1S/C13H16N6O.C2H2/c1-8-17-12(16-7-11-15-4-5-20-11)10-6-9(2-3-14)19-13(10)18-8;1-2/h4-6H,2-3,7,14H2,1H3,(H2,16,17,18,19);1-2H. The normalized spacial score (nSPS) is 10.2. The fourth-order valence-corrected chi connectivity index (χ4v) is 2.10. The molecule has 0 saturated carbocycles. The minimum atomic E-state index is 0.482. The van der Waals surface area contributed by atoms with E-state index in [-0.39, 0.29) is 0 Å². The Bertz CT molecular complexity index is 744. The SMILES string of the molecule is C#C.Cc1nc(NCc2ncco2)c2cc(CCN)[nH]c2n1. The summed E-state index contributed by atoms with van der Waals surface area (Å²) in [5.41, 5.74) is 7.45. The van der Waals surface area contributed by atoms with E-state index in [0.29, 0.717) is 24.8 Å². The molecule has 0 bridgehead atoms. The van der Waals surface area contributed by atoms with Crippen molar-refractivity contribution in [1.29, 1.82) is 0 Å². The molecule has 7 heteroatoms. The summed E-state index contributed by atoms with van der Waals surface area (Å²) in [4.78, 5) is 16.2. The van der Waals surface area contributed by atoms with Crippen molar-refractivity contribution in [3.05, 3.63) is 35.9 Å². The van der Waals surface area contributed by atoms with E-state index in [4.69, 9.17) is 10.2 Å². The van der Waals surface area contributed by atoms with Gasteiger partial charge in [0.15, 0.2) is 0 Å². The lowest BCUT2D eigenvalue weighted by Crippen LogP contribution is -2.03. The van der Waals surface area contributed by atoms with Gasteiger partial charge in [-0.05, 0) is 26.0 Å². The van der Waals surface area contributed by atoms with E-state index >= 15 is 0 Å². The molecule has 3 rings (SSSR count). The number of hydrogen-bond donors (Lipinski definition) is 3. The predicted molar refractivity (Wildman–Crippen MR) is 85.1 cm³/mol. The molecule has 7 nitrogen and oxygen atoms in total. The molecule has 0 saturated heterocycles. The smallest absolute Gasteiger partial charge is 0.213 e. The Balaban J connectivity index is 0.000000847. The maximum Gasteiger partial charge on any atom is 0.213 e. The molecule has 0 atom stereocenters. The van der Waals surface area contributed by atoms with Crippen molar-refractivity contribution in [2.45, 2.75) is 19.9 Å². The van der Waals surface area contributed by atoms with Crippen LogP contribution in [0.1, 0.15) is 17.4 Å². The van der Waals surface area contributed by atoms with E-state index in [1.807, 2.05) is 13.0 Å². The largest absolute Gasteiger partial charge is 0.447 e. The molecule has 0 amide bonds. The van der Waals surface area contributed by atoms with Crippen LogP contribution in [-0.2, 0) is 13.0 Å². The van der Waals surface area contributed by atoms with Gasteiger partial charge in [0.1, 0.15) is 23.6 Å². The Kier molecular flexibility index (Phi) is 5.11. The van der Waals surface area contributed by atoms with Gasteiger partial charge in [0.2, 0.25) is 5.89 Å². The zero-order valence-electron chi connectivity index (χ0n) is 12.3. The molecular weight excluding hydrogens is 280 g/mol. The first-order valence-corrected chi connectivity index (χ1v) is 6.78. The van der Waals surface area contributed by atoms with E-state index < -0.39 is 0 Å². The van der Waals surface area contributed by atoms with E-state index in [0.717, 1.165) is 29.0 Å². The van der Waals surface area contributed by atoms with Gasteiger partial charge < -0.3 is 20.5 Å². The van der Waals surface area contributed by atoms with Crippen LogP contribution in [0.25, 0.3) is 11.0 Å². The van der Waals surface area contributed by atoms with Crippen molar-refractivity contribution in [1.82, 2.24) is 19.9 Å². The number of rotatable bonds is 5. The predicted octanol–water partition coefficient (Wildman–Crippen LogP) is 1.62. The van der Waals surface area contributed by atoms with Crippen molar-refractivity contribution in [2.75, 3.05) is 11.9 Å². The van der Waals surface area contributed by atoms with Crippen LogP contribution in [0, 0.1) is 19.8 Å². The lowest BCUT2D eigenvalue weighted by Gasteiger charge is -2.05. The highest BCUT2D eigenvalue weighted by Crippen LogP contribution is 2.22. The summed E-state index contributed by atoms with van der Waals surface area (Å²) < 4.78 is 5.20. The van der Waals surface area contributed by atoms with Gasteiger partial charge >= 0.3 is 0 Å². The number of nitrogens with two attached hydrogens (primary N) is 1. The quantitative estimate of drug-likeness (QED) is 0.618. The Morgan fingerprint density at radius 1 is 1.36 bits per heavy atom. The average Bonchev–Trinajstić information content (AvgIpc) is 3.16. The summed E-state index contributed by atoms with van der Waals surface area (Å²) in [5.74, 6) is 2.09. The van der Waals surface area contributed by atoms with Crippen LogP contribution in [0.3, 0.4) is 0 Å². The van der Waals surface area contributed by atoms with Gasteiger partial charge in [0, 0.05) is 5.69 Å². The molecule has 3 aromatic rings. The summed E-state index contributed by atoms with van der Waals surface area (Å²) in [6.45, 7) is 2.94. The summed E-state index contributed by atoms with van der Waals surface area (Å²) >= 11 is 0. The number of oxazole rings is 1. The van der Waals surface area contributed by atoms with Gasteiger partial charge in [-0.15, -0.1) is 12.8 Å². The van der Waals surface area contributed by atoms with Gasteiger partial charge in [-0.3, -0.25) is 0 Å². The maximum absolute atomic E-state index is 5.58. The number of aromatic amines is 1. The Morgan fingerprint density at radius 3 is 2.86 bits per heavy atom. The minimum absolute atomic E-state index is 0.482. The molecule has 0 aromatic carbocycles.